The summed E-state index contributed by atoms with van der Waals surface area (Å²) in [7, 11) is 0. The molecule has 0 unspecified atom stereocenters. The lowest BCUT2D eigenvalue weighted by Crippen LogP contribution is -2.32. The Hall–Kier alpha value is -2.75. The summed E-state index contributed by atoms with van der Waals surface area (Å²) < 4.78 is 11.2. The van der Waals surface area contributed by atoms with Gasteiger partial charge in [-0.15, -0.1) is 0 Å². The first-order valence-corrected chi connectivity index (χ1v) is 7.98. The minimum Gasteiger partial charge on any atom is -0.455 e. The van der Waals surface area contributed by atoms with Crippen LogP contribution in [-0.2, 0) is 4.74 Å². The molecule has 4 heteroatoms. The highest BCUT2D eigenvalue weighted by Crippen LogP contribution is 2.31. The van der Waals surface area contributed by atoms with Gasteiger partial charge in [0, 0.05) is 22.9 Å². The van der Waals surface area contributed by atoms with E-state index < -0.39 is 11.7 Å². The number of furan rings is 1. The average molecular weight is 323 g/mol. The number of ether oxygens (including phenoxy) is 1. The number of para-hydroxylation sites is 2. The molecule has 0 saturated carbocycles. The van der Waals surface area contributed by atoms with Gasteiger partial charge < -0.3 is 14.5 Å². The summed E-state index contributed by atoms with van der Waals surface area (Å²) in [5, 5.41) is 4.90. The first kappa shape index (κ1) is 16.1. The van der Waals surface area contributed by atoms with Gasteiger partial charge in [-0.05, 0) is 26.8 Å². The smallest absolute Gasteiger partial charge is 0.407 e. The van der Waals surface area contributed by atoms with Crippen molar-refractivity contribution in [1.29, 1.82) is 0 Å². The molecule has 1 aromatic heterocycles. The molecule has 0 aliphatic heterocycles. The third-order valence-electron chi connectivity index (χ3n) is 3.50. The second-order valence-corrected chi connectivity index (χ2v) is 6.61. The van der Waals surface area contributed by atoms with Crippen molar-refractivity contribution >= 4 is 34.1 Å². The minimum absolute atomic E-state index is 0.394. The second kappa shape index (κ2) is 6.40. The van der Waals surface area contributed by atoms with Crippen LogP contribution in [0.25, 0.3) is 28.0 Å². The third kappa shape index (κ3) is 3.59. The summed E-state index contributed by atoms with van der Waals surface area (Å²) in [6.45, 7) is 5.91. The Morgan fingerprint density at radius 3 is 2.67 bits per heavy atom. The van der Waals surface area contributed by atoms with Crippen molar-refractivity contribution in [2.75, 3.05) is 6.54 Å². The molecule has 124 valence electrons. The molecular formula is C20H21NO3. The highest BCUT2D eigenvalue weighted by molar-refractivity contribution is 6.07. The van der Waals surface area contributed by atoms with E-state index in [0.717, 1.165) is 27.5 Å². The molecule has 0 aliphatic carbocycles. The summed E-state index contributed by atoms with van der Waals surface area (Å²) >= 11 is 0. The molecule has 3 rings (SSSR count). The van der Waals surface area contributed by atoms with Gasteiger partial charge in [-0.25, -0.2) is 4.79 Å². The van der Waals surface area contributed by atoms with Crippen molar-refractivity contribution in [3.63, 3.8) is 0 Å². The lowest BCUT2D eigenvalue weighted by atomic mass is 10.1. The predicted molar refractivity (Wildman–Crippen MR) is 97.0 cm³/mol. The van der Waals surface area contributed by atoms with Gasteiger partial charge in [-0.2, -0.15) is 0 Å². The number of alkyl carbamates (subject to hydrolysis) is 1. The minimum atomic E-state index is -0.492. The molecule has 0 saturated heterocycles. The van der Waals surface area contributed by atoms with Crippen molar-refractivity contribution in [2.24, 2.45) is 0 Å². The van der Waals surface area contributed by atoms with Crippen LogP contribution in [0.3, 0.4) is 0 Å². The average Bonchev–Trinajstić information content (AvgIpc) is 2.89. The van der Waals surface area contributed by atoms with Gasteiger partial charge in [0.05, 0.1) is 0 Å². The summed E-state index contributed by atoms with van der Waals surface area (Å²) in [5.41, 5.74) is 2.22. The van der Waals surface area contributed by atoms with E-state index in [4.69, 9.17) is 9.15 Å². The Morgan fingerprint density at radius 2 is 1.88 bits per heavy atom. The summed E-state index contributed by atoms with van der Waals surface area (Å²) in [4.78, 5) is 11.6. The van der Waals surface area contributed by atoms with Gasteiger partial charge >= 0.3 is 6.09 Å². The standard InChI is InChI=1S/C20H21NO3/c1-20(2,3)24-19(22)21-13-7-9-14-8-6-11-16-15-10-4-5-12-17(15)23-18(14)16/h4-12H,13H2,1-3H3,(H,21,22). The van der Waals surface area contributed by atoms with Gasteiger partial charge in [0.2, 0.25) is 0 Å². The molecule has 0 fully saturated rings. The Labute approximate surface area is 141 Å². The number of rotatable bonds is 3. The van der Waals surface area contributed by atoms with Crippen LogP contribution in [0.1, 0.15) is 26.3 Å². The fourth-order valence-corrected chi connectivity index (χ4v) is 2.54. The molecule has 1 amide bonds. The van der Waals surface area contributed by atoms with Crippen molar-refractivity contribution in [1.82, 2.24) is 5.32 Å². The highest BCUT2D eigenvalue weighted by Gasteiger charge is 2.15. The summed E-state index contributed by atoms with van der Waals surface area (Å²) in [6, 6.07) is 14.0. The summed E-state index contributed by atoms with van der Waals surface area (Å²) in [5.74, 6) is 0. The summed E-state index contributed by atoms with van der Waals surface area (Å²) in [6.07, 6.45) is 3.41. The number of benzene rings is 2. The van der Waals surface area contributed by atoms with Gasteiger partial charge in [0.1, 0.15) is 16.8 Å². The van der Waals surface area contributed by atoms with Crippen molar-refractivity contribution in [2.45, 2.75) is 26.4 Å². The zero-order valence-electron chi connectivity index (χ0n) is 14.1. The Kier molecular flexibility index (Phi) is 4.30. The van der Waals surface area contributed by atoms with Crippen LogP contribution in [-0.4, -0.2) is 18.2 Å². The number of fused-ring (bicyclic) bond motifs is 3. The second-order valence-electron chi connectivity index (χ2n) is 6.61. The van der Waals surface area contributed by atoms with Crippen LogP contribution in [0.4, 0.5) is 4.79 Å². The predicted octanol–water partition coefficient (Wildman–Crippen LogP) is 5.12. The zero-order valence-corrected chi connectivity index (χ0v) is 14.1. The van der Waals surface area contributed by atoms with E-state index in [2.05, 4.69) is 17.4 Å². The highest BCUT2D eigenvalue weighted by atomic mass is 16.6. The molecule has 0 bridgehead atoms. The molecule has 0 aliphatic rings. The first-order chi connectivity index (χ1) is 11.4. The maximum Gasteiger partial charge on any atom is 0.407 e. The first-order valence-electron chi connectivity index (χ1n) is 7.98. The van der Waals surface area contributed by atoms with Gasteiger partial charge in [0.25, 0.3) is 0 Å². The SMILES string of the molecule is CC(C)(C)OC(=O)NCC=Cc1cccc2c1oc1ccccc12. The molecular weight excluding hydrogens is 302 g/mol. The van der Waals surface area contributed by atoms with E-state index in [1.54, 1.807) is 0 Å². The maximum absolute atomic E-state index is 11.6. The Morgan fingerprint density at radius 1 is 1.12 bits per heavy atom. The van der Waals surface area contributed by atoms with Crippen LogP contribution in [0.15, 0.2) is 53.0 Å². The molecule has 0 radical (unpaired) electrons. The molecule has 24 heavy (non-hydrogen) atoms. The van der Waals surface area contributed by atoms with Crippen LogP contribution >= 0.6 is 0 Å². The lowest BCUT2D eigenvalue weighted by Gasteiger charge is -2.19. The zero-order chi connectivity index (χ0) is 17.2. The van der Waals surface area contributed by atoms with E-state index in [-0.39, 0.29) is 0 Å². The van der Waals surface area contributed by atoms with E-state index in [9.17, 15) is 4.79 Å². The third-order valence-corrected chi connectivity index (χ3v) is 3.50. The van der Waals surface area contributed by atoms with Gasteiger partial charge in [-0.1, -0.05) is 48.6 Å². The molecule has 2 aromatic carbocycles. The number of carbonyl (C=O) groups excluding carboxylic acids is 1. The number of amides is 1. The van der Waals surface area contributed by atoms with Crippen LogP contribution < -0.4 is 5.32 Å². The number of nitrogens with one attached hydrogen (secondary N) is 1. The Bertz CT molecular complexity index is 900. The number of hydrogen-bond acceptors (Lipinski definition) is 3. The molecule has 0 spiro atoms. The molecule has 1 N–H and O–H groups in total. The van der Waals surface area contributed by atoms with E-state index in [1.165, 1.54) is 0 Å². The van der Waals surface area contributed by atoms with E-state index in [0.29, 0.717) is 6.54 Å². The largest absolute Gasteiger partial charge is 0.455 e. The quantitative estimate of drug-likeness (QED) is 0.727. The monoisotopic (exact) mass is 323 g/mol. The van der Waals surface area contributed by atoms with E-state index in [1.807, 2.05) is 63.3 Å². The van der Waals surface area contributed by atoms with Crippen LogP contribution in [0, 0.1) is 0 Å². The van der Waals surface area contributed by atoms with Crippen molar-refractivity contribution in [3.8, 4) is 0 Å². The maximum atomic E-state index is 11.6. The van der Waals surface area contributed by atoms with Gasteiger partial charge in [0.15, 0.2) is 0 Å². The molecule has 4 nitrogen and oxygen atoms in total. The lowest BCUT2D eigenvalue weighted by molar-refractivity contribution is 0.0534. The van der Waals surface area contributed by atoms with Crippen LogP contribution in [0.2, 0.25) is 0 Å². The number of hydrogen-bond donors (Lipinski definition) is 1. The molecule has 1 heterocycles. The molecule has 3 aromatic rings. The fourth-order valence-electron chi connectivity index (χ4n) is 2.54. The van der Waals surface area contributed by atoms with Crippen molar-refractivity contribution in [3.05, 3.63) is 54.1 Å². The molecule has 0 atom stereocenters. The number of carbonyl (C=O) groups is 1. The van der Waals surface area contributed by atoms with Gasteiger partial charge in [-0.3, -0.25) is 0 Å². The topological polar surface area (TPSA) is 51.5 Å². The Balaban J connectivity index is 1.75. The fraction of sp³-hybridized carbons (Fsp3) is 0.250. The van der Waals surface area contributed by atoms with Crippen molar-refractivity contribution < 1.29 is 13.9 Å². The van der Waals surface area contributed by atoms with E-state index >= 15 is 0 Å². The normalized spacial score (nSPS) is 12.1. The van der Waals surface area contributed by atoms with Crippen LogP contribution in [0.5, 0.6) is 0 Å².